The number of fused-ring (bicyclic) bond motifs is 3. The molecule has 1 saturated heterocycles. The van der Waals surface area contributed by atoms with Crippen molar-refractivity contribution in [3.63, 3.8) is 0 Å². The smallest absolute Gasteiger partial charge is 0.229 e. The van der Waals surface area contributed by atoms with Crippen molar-refractivity contribution in [2.45, 2.75) is 31.7 Å². The van der Waals surface area contributed by atoms with E-state index in [9.17, 15) is 9.59 Å². The van der Waals surface area contributed by atoms with Crippen LogP contribution in [0.1, 0.15) is 40.7 Å². The van der Waals surface area contributed by atoms with Crippen LogP contribution in [0.25, 0.3) is 5.70 Å². The predicted octanol–water partition coefficient (Wildman–Crippen LogP) is 1.67. The summed E-state index contributed by atoms with van der Waals surface area (Å²) in [4.78, 5) is 26.3. The molecule has 1 amide bonds. The van der Waals surface area contributed by atoms with Crippen LogP contribution in [0.2, 0.25) is 0 Å². The molecule has 7 heteroatoms. The zero-order valence-corrected chi connectivity index (χ0v) is 16.6. The second-order valence-corrected chi connectivity index (χ2v) is 7.86. The molecule has 4 unspecified atom stereocenters. The highest BCUT2D eigenvalue weighted by Crippen LogP contribution is 2.47. The molecule has 7 nitrogen and oxygen atoms in total. The molecule has 5 N–H and O–H groups in total. The van der Waals surface area contributed by atoms with E-state index in [4.69, 9.17) is 10.5 Å². The number of hydrogen-bond acceptors (Lipinski definition) is 6. The first kappa shape index (κ1) is 18.8. The van der Waals surface area contributed by atoms with Gasteiger partial charge in [-0.05, 0) is 24.1 Å². The first-order valence-corrected chi connectivity index (χ1v) is 10.3. The van der Waals surface area contributed by atoms with Gasteiger partial charge in [-0.3, -0.25) is 20.6 Å². The van der Waals surface area contributed by atoms with Crippen LogP contribution in [0.4, 0.5) is 0 Å². The summed E-state index contributed by atoms with van der Waals surface area (Å²) in [5.41, 5.74) is 9.79. The molecular weight excluding hydrogens is 380 g/mol. The SMILES string of the molecule is CCCOc1ccc(C2C3=C(NC4NC(N)NC(=O)C42)c2ccccc2C3=O)cc1. The highest BCUT2D eigenvalue weighted by atomic mass is 16.5. The zero-order valence-electron chi connectivity index (χ0n) is 16.6. The summed E-state index contributed by atoms with van der Waals surface area (Å²) >= 11 is 0. The topological polar surface area (TPSA) is 105 Å². The normalized spacial score (nSPS) is 27.0. The van der Waals surface area contributed by atoms with Crippen molar-refractivity contribution in [1.82, 2.24) is 16.0 Å². The lowest BCUT2D eigenvalue weighted by molar-refractivity contribution is -0.130. The summed E-state index contributed by atoms with van der Waals surface area (Å²) in [6.45, 7) is 2.70. The molecule has 2 heterocycles. The van der Waals surface area contributed by atoms with Gasteiger partial charge >= 0.3 is 0 Å². The average molecular weight is 404 g/mol. The van der Waals surface area contributed by atoms with Crippen molar-refractivity contribution < 1.29 is 14.3 Å². The largest absolute Gasteiger partial charge is 0.494 e. The highest BCUT2D eigenvalue weighted by molar-refractivity contribution is 6.22. The summed E-state index contributed by atoms with van der Waals surface area (Å²) in [7, 11) is 0. The minimum atomic E-state index is -0.647. The summed E-state index contributed by atoms with van der Waals surface area (Å²) < 4.78 is 5.70. The molecule has 3 aliphatic rings. The zero-order chi connectivity index (χ0) is 20.8. The van der Waals surface area contributed by atoms with Gasteiger partial charge in [0.1, 0.15) is 12.0 Å². The molecule has 2 aromatic carbocycles. The number of rotatable bonds is 4. The third kappa shape index (κ3) is 2.89. The summed E-state index contributed by atoms with van der Waals surface area (Å²) in [5.74, 6) is -0.346. The van der Waals surface area contributed by atoms with Crippen LogP contribution in [-0.4, -0.2) is 30.8 Å². The van der Waals surface area contributed by atoms with Crippen molar-refractivity contribution >= 4 is 17.4 Å². The Balaban J connectivity index is 1.61. The van der Waals surface area contributed by atoms with Gasteiger partial charge < -0.3 is 15.4 Å². The second-order valence-electron chi connectivity index (χ2n) is 7.86. The molecule has 0 spiro atoms. The third-order valence-corrected chi connectivity index (χ3v) is 5.96. The number of nitrogens with one attached hydrogen (secondary N) is 3. The molecule has 1 fully saturated rings. The Morgan fingerprint density at radius 3 is 2.47 bits per heavy atom. The predicted molar refractivity (Wildman–Crippen MR) is 112 cm³/mol. The maximum atomic E-state index is 13.4. The summed E-state index contributed by atoms with van der Waals surface area (Å²) in [6.07, 6.45) is -0.103. The van der Waals surface area contributed by atoms with Crippen LogP contribution < -0.4 is 26.4 Å². The lowest BCUT2D eigenvalue weighted by Crippen LogP contribution is -2.70. The van der Waals surface area contributed by atoms with Crippen molar-refractivity contribution in [3.05, 3.63) is 70.8 Å². The molecule has 2 aromatic rings. The fourth-order valence-electron chi connectivity index (χ4n) is 4.67. The Kier molecular flexibility index (Phi) is 4.56. The molecule has 0 bridgehead atoms. The van der Waals surface area contributed by atoms with Crippen molar-refractivity contribution in [2.24, 2.45) is 11.7 Å². The van der Waals surface area contributed by atoms with Crippen LogP contribution in [0.3, 0.4) is 0 Å². The lowest BCUT2D eigenvalue weighted by Gasteiger charge is -2.44. The molecule has 30 heavy (non-hydrogen) atoms. The number of ketones is 1. The number of hydrogen-bond donors (Lipinski definition) is 4. The molecule has 5 rings (SSSR count). The average Bonchev–Trinajstić information content (AvgIpc) is 3.03. The van der Waals surface area contributed by atoms with Crippen molar-refractivity contribution in [1.29, 1.82) is 0 Å². The van der Waals surface area contributed by atoms with E-state index >= 15 is 0 Å². The molecule has 2 aliphatic heterocycles. The van der Waals surface area contributed by atoms with Gasteiger partial charge in [0.2, 0.25) is 5.91 Å². The quantitative estimate of drug-likeness (QED) is 0.618. The van der Waals surface area contributed by atoms with E-state index in [0.717, 1.165) is 29.0 Å². The van der Waals surface area contributed by atoms with Gasteiger partial charge in [-0.1, -0.05) is 43.3 Å². The van der Waals surface area contributed by atoms with E-state index in [1.807, 2.05) is 48.5 Å². The van der Waals surface area contributed by atoms with E-state index in [-0.39, 0.29) is 17.9 Å². The summed E-state index contributed by atoms with van der Waals surface area (Å²) in [6, 6.07) is 15.2. The molecule has 1 aliphatic carbocycles. The van der Waals surface area contributed by atoms with Crippen LogP contribution in [0, 0.1) is 5.92 Å². The van der Waals surface area contributed by atoms with Crippen LogP contribution in [-0.2, 0) is 4.79 Å². The monoisotopic (exact) mass is 404 g/mol. The first-order chi connectivity index (χ1) is 14.6. The van der Waals surface area contributed by atoms with Gasteiger partial charge in [-0.15, -0.1) is 0 Å². The minimum Gasteiger partial charge on any atom is -0.494 e. The van der Waals surface area contributed by atoms with E-state index < -0.39 is 18.1 Å². The van der Waals surface area contributed by atoms with Crippen molar-refractivity contribution in [3.8, 4) is 5.75 Å². The molecule has 154 valence electrons. The number of ether oxygens (including phenoxy) is 1. The number of amides is 1. The number of carbonyl (C=O) groups is 2. The van der Waals surface area contributed by atoms with Gasteiger partial charge in [0.05, 0.1) is 24.4 Å². The number of carbonyl (C=O) groups excluding carboxylic acids is 2. The Hall–Kier alpha value is -3.16. The van der Waals surface area contributed by atoms with Gasteiger partial charge in [0.15, 0.2) is 5.78 Å². The maximum absolute atomic E-state index is 13.4. The van der Waals surface area contributed by atoms with Crippen molar-refractivity contribution in [2.75, 3.05) is 6.61 Å². The third-order valence-electron chi connectivity index (χ3n) is 5.96. The standard InChI is InChI=1S/C23H24N4O3/c1-2-11-30-13-9-7-12(8-10-13)16-17-19(14-5-3-4-6-15(14)20(17)28)25-21-18(16)22(29)27-23(24)26-21/h3-10,16,18,21,23,25-26H,2,11,24H2,1H3,(H,27,29). The van der Waals surface area contributed by atoms with Gasteiger partial charge in [-0.2, -0.15) is 0 Å². The summed E-state index contributed by atoms with van der Waals surface area (Å²) in [5, 5.41) is 9.36. The molecule has 0 radical (unpaired) electrons. The minimum absolute atomic E-state index is 0.0365. The number of Topliss-reactive ketones (excluding diaryl/α,β-unsaturated/α-hetero) is 1. The highest BCUT2D eigenvalue weighted by Gasteiger charge is 2.50. The maximum Gasteiger partial charge on any atom is 0.229 e. The van der Waals surface area contributed by atoms with Crippen LogP contribution in [0.15, 0.2) is 54.1 Å². The van der Waals surface area contributed by atoms with Gasteiger partial charge in [-0.25, -0.2) is 0 Å². The van der Waals surface area contributed by atoms with Gasteiger partial charge in [0, 0.05) is 22.6 Å². The second kappa shape index (κ2) is 7.27. The fraction of sp³-hybridized carbons (Fsp3) is 0.304. The lowest BCUT2D eigenvalue weighted by atomic mass is 9.74. The number of benzene rings is 2. The molecule has 4 atom stereocenters. The molecule has 0 saturated carbocycles. The van der Waals surface area contributed by atoms with Crippen LogP contribution in [0.5, 0.6) is 5.75 Å². The Morgan fingerprint density at radius 2 is 1.73 bits per heavy atom. The number of nitrogens with two attached hydrogens (primary N) is 1. The Morgan fingerprint density at radius 1 is 1.00 bits per heavy atom. The fourth-order valence-corrected chi connectivity index (χ4v) is 4.67. The van der Waals surface area contributed by atoms with E-state index in [1.165, 1.54) is 0 Å². The number of allylic oxidation sites excluding steroid dienone is 1. The van der Waals surface area contributed by atoms with Gasteiger partial charge in [0.25, 0.3) is 0 Å². The molecular formula is C23H24N4O3. The van der Waals surface area contributed by atoms with E-state index in [0.29, 0.717) is 17.7 Å². The van der Waals surface area contributed by atoms with Crippen LogP contribution >= 0.6 is 0 Å². The molecule has 0 aromatic heterocycles. The Labute approximate surface area is 174 Å². The van der Waals surface area contributed by atoms with E-state index in [1.54, 1.807) is 0 Å². The van der Waals surface area contributed by atoms with E-state index in [2.05, 4.69) is 22.9 Å². The first-order valence-electron chi connectivity index (χ1n) is 10.3. The Bertz CT molecular complexity index is 1050.